The molecule has 1 atom stereocenters. The number of aromatic amines is 2. The molecule has 118 valence electrons. The minimum absolute atomic E-state index is 0.0284. The molecule has 3 heterocycles. The van der Waals surface area contributed by atoms with E-state index in [0.717, 1.165) is 29.9 Å². The van der Waals surface area contributed by atoms with E-state index in [1.807, 2.05) is 11.8 Å². The molecule has 23 heavy (non-hydrogen) atoms. The lowest BCUT2D eigenvalue weighted by atomic mass is 10.2. The van der Waals surface area contributed by atoms with Crippen LogP contribution in [-0.4, -0.2) is 32.3 Å². The lowest BCUT2D eigenvalue weighted by Crippen LogP contribution is -2.31. The minimum atomic E-state index is -0.305. The van der Waals surface area contributed by atoms with E-state index in [2.05, 4.69) is 15.0 Å². The van der Waals surface area contributed by atoms with Gasteiger partial charge in [-0.15, -0.1) is 0 Å². The number of carbonyl (C=O) groups is 1. The lowest BCUT2D eigenvalue weighted by molar-refractivity contribution is 0.0725. The zero-order valence-electron chi connectivity index (χ0n) is 12.8. The Bertz CT molecular complexity index is 882. The number of hydrogen-bond acceptors (Lipinski definition) is 2. The van der Waals surface area contributed by atoms with Crippen molar-refractivity contribution in [3.63, 3.8) is 0 Å². The predicted octanol–water partition coefficient (Wildman–Crippen LogP) is 3.32. The summed E-state index contributed by atoms with van der Waals surface area (Å²) in [6.07, 6.45) is 3.63. The molecule has 5 nitrogen and oxygen atoms in total. The molecule has 1 aliphatic rings. The van der Waals surface area contributed by atoms with Crippen LogP contribution in [0.1, 0.15) is 40.9 Å². The molecule has 1 aromatic carbocycles. The molecular weight excluding hydrogens is 295 g/mol. The van der Waals surface area contributed by atoms with Crippen molar-refractivity contribution in [3.8, 4) is 0 Å². The number of fused-ring (bicyclic) bond motifs is 1. The zero-order valence-corrected chi connectivity index (χ0v) is 12.8. The highest BCUT2D eigenvalue weighted by atomic mass is 19.1. The number of halogens is 1. The van der Waals surface area contributed by atoms with Crippen LogP contribution in [0, 0.1) is 12.7 Å². The van der Waals surface area contributed by atoms with E-state index in [4.69, 9.17) is 0 Å². The van der Waals surface area contributed by atoms with Crippen molar-refractivity contribution in [1.29, 1.82) is 0 Å². The molecule has 6 heteroatoms. The normalized spacial score (nSPS) is 18.0. The van der Waals surface area contributed by atoms with E-state index >= 15 is 0 Å². The Morgan fingerprint density at radius 2 is 2.22 bits per heavy atom. The largest absolute Gasteiger partial charge is 0.351 e. The van der Waals surface area contributed by atoms with Gasteiger partial charge in [0.25, 0.3) is 5.91 Å². The summed E-state index contributed by atoms with van der Waals surface area (Å²) in [5.41, 5.74) is 2.24. The van der Waals surface area contributed by atoms with Crippen molar-refractivity contribution >= 4 is 16.8 Å². The molecule has 0 saturated carbocycles. The number of nitrogens with one attached hydrogen (secondary N) is 2. The number of likely N-dealkylation sites (tertiary alicyclic amines) is 1. The fraction of sp³-hybridized carbons (Fsp3) is 0.294. The van der Waals surface area contributed by atoms with Crippen molar-refractivity contribution in [2.45, 2.75) is 25.8 Å². The SMILES string of the molecule is Cc1cnc([C@@H]2CCCN2C(=O)c2cc3cc(F)ccc3[nH]2)[nH]1. The number of rotatable bonds is 2. The minimum Gasteiger partial charge on any atom is -0.351 e. The van der Waals surface area contributed by atoms with Crippen LogP contribution < -0.4 is 0 Å². The van der Waals surface area contributed by atoms with Gasteiger partial charge < -0.3 is 14.9 Å². The van der Waals surface area contributed by atoms with Gasteiger partial charge in [0.15, 0.2) is 0 Å². The Morgan fingerprint density at radius 1 is 1.35 bits per heavy atom. The molecule has 2 aromatic heterocycles. The Kier molecular flexibility index (Phi) is 3.18. The van der Waals surface area contributed by atoms with Gasteiger partial charge in [-0.05, 0) is 44.0 Å². The van der Waals surface area contributed by atoms with Gasteiger partial charge in [0.05, 0.1) is 6.04 Å². The van der Waals surface area contributed by atoms with Crippen LogP contribution in [0.5, 0.6) is 0 Å². The molecular formula is C17H17FN4O. The number of nitrogens with zero attached hydrogens (tertiary/aromatic N) is 2. The Hall–Kier alpha value is -2.63. The van der Waals surface area contributed by atoms with Crippen molar-refractivity contribution in [2.75, 3.05) is 6.54 Å². The quantitative estimate of drug-likeness (QED) is 0.762. The van der Waals surface area contributed by atoms with E-state index in [1.54, 1.807) is 18.3 Å². The highest BCUT2D eigenvalue weighted by Gasteiger charge is 2.33. The van der Waals surface area contributed by atoms with Crippen LogP contribution in [0.4, 0.5) is 4.39 Å². The molecule has 0 bridgehead atoms. The molecule has 1 aliphatic heterocycles. The third-order valence-corrected chi connectivity index (χ3v) is 4.37. The Labute approximate surface area is 132 Å². The van der Waals surface area contributed by atoms with Crippen molar-refractivity contribution < 1.29 is 9.18 Å². The second-order valence-corrected chi connectivity index (χ2v) is 6.02. The molecule has 1 saturated heterocycles. The second-order valence-electron chi connectivity index (χ2n) is 6.02. The topological polar surface area (TPSA) is 64.8 Å². The molecule has 3 aromatic rings. The summed E-state index contributed by atoms with van der Waals surface area (Å²) in [4.78, 5) is 25.4. The molecule has 2 N–H and O–H groups in total. The first-order valence-electron chi connectivity index (χ1n) is 7.72. The summed E-state index contributed by atoms with van der Waals surface area (Å²) in [6.45, 7) is 2.65. The van der Waals surface area contributed by atoms with Gasteiger partial charge in [-0.3, -0.25) is 4.79 Å². The monoisotopic (exact) mass is 312 g/mol. The van der Waals surface area contributed by atoms with Crippen LogP contribution in [0.2, 0.25) is 0 Å². The first kappa shape index (κ1) is 14.0. The van der Waals surface area contributed by atoms with Crippen LogP contribution in [0.15, 0.2) is 30.5 Å². The van der Waals surface area contributed by atoms with Crippen LogP contribution >= 0.6 is 0 Å². The molecule has 0 spiro atoms. The Balaban J connectivity index is 1.66. The standard InChI is InChI=1S/C17H17FN4O/c1-10-9-19-16(20-10)15-3-2-6-22(15)17(23)14-8-11-7-12(18)4-5-13(11)21-14/h4-5,7-9,15,21H,2-3,6H2,1H3,(H,19,20)/t15-/m0/s1. The van der Waals surface area contributed by atoms with Gasteiger partial charge in [0.2, 0.25) is 0 Å². The number of aryl methyl sites for hydroxylation is 1. The maximum Gasteiger partial charge on any atom is 0.270 e. The maximum atomic E-state index is 13.3. The number of amides is 1. The van der Waals surface area contributed by atoms with Crippen LogP contribution in [0.3, 0.4) is 0 Å². The van der Waals surface area contributed by atoms with E-state index in [-0.39, 0.29) is 17.8 Å². The third-order valence-electron chi connectivity index (χ3n) is 4.37. The summed E-state index contributed by atoms with van der Waals surface area (Å²) in [5.74, 6) is 0.453. The summed E-state index contributed by atoms with van der Waals surface area (Å²) >= 11 is 0. The van der Waals surface area contributed by atoms with E-state index in [1.165, 1.54) is 12.1 Å². The highest BCUT2D eigenvalue weighted by molar-refractivity contribution is 5.98. The second kappa shape index (κ2) is 5.22. The first-order chi connectivity index (χ1) is 11.1. The smallest absolute Gasteiger partial charge is 0.270 e. The molecule has 0 unspecified atom stereocenters. The first-order valence-corrected chi connectivity index (χ1v) is 7.72. The number of benzene rings is 1. The van der Waals surface area contributed by atoms with E-state index < -0.39 is 0 Å². The average Bonchev–Trinajstić information content (AvgIpc) is 3.23. The lowest BCUT2D eigenvalue weighted by Gasteiger charge is -2.22. The fourth-order valence-electron chi connectivity index (χ4n) is 3.27. The fourth-order valence-corrected chi connectivity index (χ4v) is 3.27. The van der Waals surface area contributed by atoms with Crippen molar-refractivity contribution in [1.82, 2.24) is 19.9 Å². The van der Waals surface area contributed by atoms with Gasteiger partial charge in [-0.1, -0.05) is 0 Å². The highest BCUT2D eigenvalue weighted by Crippen LogP contribution is 2.32. The van der Waals surface area contributed by atoms with Gasteiger partial charge in [0, 0.05) is 29.3 Å². The number of aromatic nitrogens is 3. The molecule has 1 amide bonds. The number of carbonyl (C=O) groups excluding carboxylic acids is 1. The number of imidazole rings is 1. The average molecular weight is 312 g/mol. The Morgan fingerprint density at radius 3 is 3.00 bits per heavy atom. The summed E-state index contributed by atoms with van der Waals surface area (Å²) in [5, 5.41) is 0.706. The van der Waals surface area contributed by atoms with Crippen molar-refractivity contribution in [3.05, 3.63) is 53.5 Å². The van der Waals surface area contributed by atoms with Gasteiger partial charge >= 0.3 is 0 Å². The third kappa shape index (κ3) is 2.40. The van der Waals surface area contributed by atoms with Crippen molar-refractivity contribution in [2.24, 2.45) is 0 Å². The summed E-state index contributed by atoms with van der Waals surface area (Å²) in [6, 6.07) is 6.15. The number of H-pyrrole nitrogens is 2. The van der Waals surface area contributed by atoms with Gasteiger partial charge in [-0.25, -0.2) is 9.37 Å². The molecule has 1 fully saturated rings. The number of hydrogen-bond donors (Lipinski definition) is 2. The predicted molar refractivity (Wildman–Crippen MR) is 84.6 cm³/mol. The van der Waals surface area contributed by atoms with E-state index in [9.17, 15) is 9.18 Å². The summed E-state index contributed by atoms with van der Waals surface area (Å²) < 4.78 is 13.3. The summed E-state index contributed by atoms with van der Waals surface area (Å²) in [7, 11) is 0. The van der Waals surface area contributed by atoms with Gasteiger partial charge in [-0.2, -0.15) is 0 Å². The van der Waals surface area contributed by atoms with Gasteiger partial charge in [0.1, 0.15) is 17.3 Å². The molecule has 4 rings (SSSR count). The maximum absolute atomic E-state index is 13.3. The van der Waals surface area contributed by atoms with Crippen LogP contribution in [-0.2, 0) is 0 Å². The molecule has 0 aliphatic carbocycles. The van der Waals surface area contributed by atoms with E-state index in [0.29, 0.717) is 17.6 Å². The molecule has 0 radical (unpaired) electrons. The zero-order chi connectivity index (χ0) is 16.0. The van der Waals surface area contributed by atoms with Crippen LogP contribution in [0.25, 0.3) is 10.9 Å².